The summed E-state index contributed by atoms with van der Waals surface area (Å²) in [7, 11) is -2.28. The summed E-state index contributed by atoms with van der Waals surface area (Å²) in [6.07, 6.45) is 0. The van der Waals surface area contributed by atoms with Crippen LogP contribution in [0.3, 0.4) is 0 Å². The molecule has 2 N–H and O–H groups in total. The zero-order chi connectivity index (χ0) is 21.0. The van der Waals surface area contributed by atoms with Crippen LogP contribution in [0.2, 0.25) is 0 Å². The Bertz CT molecular complexity index is 1140. The van der Waals surface area contributed by atoms with E-state index in [1.54, 1.807) is 73.8 Å². The molecule has 3 aromatic rings. The molecule has 3 rings (SSSR count). The average Bonchev–Trinajstić information content (AvgIpc) is 2.70. The molecule has 7 heteroatoms. The fourth-order valence-electron chi connectivity index (χ4n) is 2.73. The summed E-state index contributed by atoms with van der Waals surface area (Å²) >= 11 is 0. The molecular weight excluding hydrogens is 388 g/mol. The summed E-state index contributed by atoms with van der Waals surface area (Å²) in [6, 6.07) is 18.2. The van der Waals surface area contributed by atoms with Gasteiger partial charge in [-0.25, -0.2) is 8.42 Å². The smallest absolute Gasteiger partial charge is 0.261 e. The molecule has 0 spiro atoms. The molecule has 0 aliphatic carbocycles. The van der Waals surface area contributed by atoms with Gasteiger partial charge in [0.1, 0.15) is 5.75 Å². The summed E-state index contributed by atoms with van der Waals surface area (Å²) in [6.45, 7) is 3.77. The highest BCUT2D eigenvalue weighted by Crippen LogP contribution is 2.23. The monoisotopic (exact) mass is 410 g/mol. The van der Waals surface area contributed by atoms with Crippen molar-refractivity contribution in [2.75, 3.05) is 17.1 Å². The van der Waals surface area contributed by atoms with Crippen molar-refractivity contribution in [3.05, 3.63) is 83.4 Å². The van der Waals surface area contributed by atoms with Crippen LogP contribution in [0.25, 0.3) is 0 Å². The number of hydrogen-bond donors (Lipinski definition) is 2. The van der Waals surface area contributed by atoms with E-state index >= 15 is 0 Å². The van der Waals surface area contributed by atoms with Gasteiger partial charge in [-0.1, -0.05) is 18.2 Å². The topological polar surface area (TPSA) is 84.5 Å². The molecule has 0 bridgehead atoms. The molecule has 3 aromatic carbocycles. The number of amides is 1. The first-order valence-corrected chi connectivity index (χ1v) is 10.4. The molecule has 150 valence electrons. The van der Waals surface area contributed by atoms with Gasteiger partial charge >= 0.3 is 0 Å². The maximum atomic E-state index is 12.8. The number of anilines is 2. The molecule has 6 nitrogen and oxygen atoms in total. The number of aryl methyl sites for hydroxylation is 2. The standard InChI is InChI=1S/C22H22N2O4S/c1-15-8-13-19(14-16(15)2)29(26,27)24-21-7-5-4-6-20(21)22(25)23-17-9-11-18(28-3)12-10-17/h4-14,24H,1-3H3,(H,23,25). The second-order valence-electron chi connectivity index (χ2n) is 6.58. The van der Waals surface area contributed by atoms with Gasteiger partial charge in [-0.15, -0.1) is 0 Å². The third kappa shape index (κ3) is 4.75. The predicted octanol–water partition coefficient (Wildman–Crippen LogP) is 4.37. The number of benzene rings is 3. The number of ether oxygens (including phenoxy) is 1. The number of methoxy groups -OCH3 is 1. The van der Waals surface area contributed by atoms with E-state index < -0.39 is 15.9 Å². The van der Waals surface area contributed by atoms with Gasteiger partial charge in [-0.2, -0.15) is 0 Å². The van der Waals surface area contributed by atoms with Crippen LogP contribution in [0.4, 0.5) is 11.4 Å². The fraction of sp³-hybridized carbons (Fsp3) is 0.136. The van der Waals surface area contributed by atoms with Gasteiger partial charge in [0.25, 0.3) is 15.9 Å². The van der Waals surface area contributed by atoms with Crippen LogP contribution in [0, 0.1) is 13.8 Å². The van der Waals surface area contributed by atoms with E-state index in [9.17, 15) is 13.2 Å². The summed E-state index contributed by atoms with van der Waals surface area (Å²) in [4.78, 5) is 12.9. The van der Waals surface area contributed by atoms with Crippen LogP contribution < -0.4 is 14.8 Å². The van der Waals surface area contributed by atoms with E-state index in [4.69, 9.17) is 4.74 Å². The molecule has 0 saturated carbocycles. The minimum atomic E-state index is -3.84. The van der Waals surface area contributed by atoms with Crippen LogP contribution in [-0.2, 0) is 10.0 Å². The van der Waals surface area contributed by atoms with Crippen molar-refractivity contribution in [3.8, 4) is 5.75 Å². The van der Waals surface area contributed by atoms with Crippen LogP contribution in [-0.4, -0.2) is 21.4 Å². The molecule has 0 saturated heterocycles. The normalized spacial score (nSPS) is 11.0. The molecule has 1 amide bonds. The van der Waals surface area contributed by atoms with Crippen molar-refractivity contribution < 1.29 is 17.9 Å². The number of para-hydroxylation sites is 1. The van der Waals surface area contributed by atoms with Crippen molar-refractivity contribution in [3.63, 3.8) is 0 Å². The van der Waals surface area contributed by atoms with E-state index in [0.29, 0.717) is 11.4 Å². The largest absolute Gasteiger partial charge is 0.497 e. The molecule has 0 atom stereocenters. The summed E-state index contributed by atoms with van der Waals surface area (Å²) in [5, 5.41) is 2.76. The first-order chi connectivity index (χ1) is 13.8. The van der Waals surface area contributed by atoms with Gasteiger partial charge in [0.05, 0.1) is 23.3 Å². The molecule has 0 aliphatic heterocycles. The molecule has 0 radical (unpaired) electrons. The second-order valence-corrected chi connectivity index (χ2v) is 8.26. The molecule has 0 aliphatic rings. The number of carbonyl (C=O) groups excluding carboxylic acids is 1. The van der Waals surface area contributed by atoms with Crippen LogP contribution in [0.5, 0.6) is 5.75 Å². The minimum Gasteiger partial charge on any atom is -0.497 e. The lowest BCUT2D eigenvalue weighted by Crippen LogP contribution is -2.18. The zero-order valence-corrected chi connectivity index (χ0v) is 17.2. The van der Waals surface area contributed by atoms with Crippen molar-refractivity contribution in [1.82, 2.24) is 0 Å². The molecule has 0 fully saturated rings. The van der Waals surface area contributed by atoms with Crippen molar-refractivity contribution in [2.45, 2.75) is 18.7 Å². The Morgan fingerprint density at radius 1 is 0.897 bits per heavy atom. The Labute approximate surface area is 170 Å². The quantitative estimate of drug-likeness (QED) is 0.632. The van der Waals surface area contributed by atoms with Gasteiger partial charge in [0, 0.05) is 5.69 Å². The van der Waals surface area contributed by atoms with E-state index in [2.05, 4.69) is 10.0 Å². The van der Waals surface area contributed by atoms with Gasteiger partial charge in [0.15, 0.2) is 0 Å². The lowest BCUT2D eigenvalue weighted by Gasteiger charge is -2.14. The van der Waals surface area contributed by atoms with Crippen molar-refractivity contribution >= 4 is 27.3 Å². The number of hydrogen-bond acceptors (Lipinski definition) is 4. The van der Waals surface area contributed by atoms with Gasteiger partial charge in [-0.3, -0.25) is 9.52 Å². The van der Waals surface area contributed by atoms with Gasteiger partial charge < -0.3 is 10.1 Å². The molecule has 0 heterocycles. The Kier molecular flexibility index (Phi) is 5.89. The molecule has 0 unspecified atom stereocenters. The lowest BCUT2D eigenvalue weighted by atomic mass is 10.1. The van der Waals surface area contributed by atoms with Crippen LogP contribution >= 0.6 is 0 Å². The maximum absolute atomic E-state index is 12.8. The first kappa shape index (κ1) is 20.4. The highest BCUT2D eigenvalue weighted by atomic mass is 32.2. The Balaban J connectivity index is 1.85. The number of carbonyl (C=O) groups is 1. The number of rotatable bonds is 6. The highest BCUT2D eigenvalue weighted by Gasteiger charge is 2.19. The second kappa shape index (κ2) is 8.36. The lowest BCUT2D eigenvalue weighted by molar-refractivity contribution is 0.102. The molecular formula is C22H22N2O4S. The van der Waals surface area contributed by atoms with Gasteiger partial charge in [0.2, 0.25) is 0 Å². The van der Waals surface area contributed by atoms with E-state index in [0.717, 1.165) is 11.1 Å². The van der Waals surface area contributed by atoms with Crippen molar-refractivity contribution in [2.24, 2.45) is 0 Å². The van der Waals surface area contributed by atoms with E-state index in [-0.39, 0.29) is 16.1 Å². The Morgan fingerprint density at radius 3 is 2.24 bits per heavy atom. The maximum Gasteiger partial charge on any atom is 0.261 e. The summed E-state index contributed by atoms with van der Waals surface area (Å²) in [5.74, 6) is 0.248. The fourth-order valence-corrected chi connectivity index (χ4v) is 3.89. The number of sulfonamides is 1. The summed E-state index contributed by atoms with van der Waals surface area (Å²) in [5.41, 5.74) is 2.87. The molecule has 0 aromatic heterocycles. The Hall–Kier alpha value is -3.32. The Morgan fingerprint density at radius 2 is 1.59 bits per heavy atom. The van der Waals surface area contributed by atoms with Crippen LogP contribution in [0.15, 0.2) is 71.6 Å². The van der Waals surface area contributed by atoms with E-state index in [1.807, 2.05) is 13.8 Å². The SMILES string of the molecule is COc1ccc(NC(=O)c2ccccc2NS(=O)(=O)c2ccc(C)c(C)c2)cc1. The van der Waals surface area contributed by atoms with Crippen molar-refractivity contribution in [1.29, 1.82) is 0 Å². The summed E-state index contributed by atoms with van der Waals surface area (Å²) < 4.78 is 33.3. The average molecular weight is 410 g/mol. The zero-order valence-electron chi connectivity index (χ0n) is 16.4. The van der Waals surface area contributed by atoms with Crippen LogP contribution in [0.1, 0.15) is 21.5 Å². The van der Waals surface area contributed by atoms with Gasteiger partial charge in [-0.05, 0) is 73.5 Å². The predicted molar refractivity (Wildman–Crippen MR) is 114 cm³/mol. The minimum absolute atomic E-state index is 0.144. The molecule has 29 heavy (non-hydrogen) atoms. The third-order valence-electron chi connectivity index (χ3n) is 4.55. The van der Waals surface area contributed by atoms with E-state index in [1.165, 1.54) is 0 Å². The highest BCUT2D eigenvalue weighted by molar-refractivity contribution is 7.92. The first-order valence-electron chi connectivity index (χ1n) is 8.94. The number of nitrogens with one attached hydrogen (secondary N) is 2. The third-order valence-corrected chi connectivity index (χ3v) is 5.92.